The summed E-state index contributed by atoms with van der Waals surface area (Å²) in [7, 11) is 0. The molecular weight excluding hydrogens is 560 g/mol. The van der Waals surface area contributed by atoms with Crippen molar-refractivity contribution in [1.82, 2.24) is 0 Å². The maximum Gasteiger partial charge on any atom is 0.186 e. The minimum atomic E-state index is -1.90. The molecule has 15 atom stereocenters. The smallest absolute Gasteiger partial charge is 0.186 e. The van der Waals surface area contributed by atoms with Crippen LogP contribution in [-0.2, 0) is 18.9 Å². The third-order valence-corrected chi connectivity index (χ3v) is 6.92. The van der Waals surface area contributed by atoms with Gasteiger partial charge in [-0.15, -0.1) is 0 Å². The predicted molar refractivity (Wildman–Crippen MR) is 128 cm³/mol. The zero-order chi connectivity index (χ0) is 30.3. The Morgan fingerprint density at radius 2 is 1.17 bits per heavy atom. The predicted octanol–water partition coefficient (Wildman–Crippen LogP) is -1.89. The highest BCUT2D eigenvalue weighted by Gasteiger charge is 2.53. The van der Waals surface area contributed by atoms with Crippen molar-refractivity contribution in [2.75, 3.05) is 13.2 Å². The zero-order valence-corrected chi connectivity index (χ0v) is 20.9. The van der Waals surface area contributed by atoms with Crippen molar-refractivity contribution in [2.45, 2.75) is 98.2 Å². The summed E-state index contributed by atoms with van der Waals surface area (Å²) in [6.07, 6.45) is -20.6. The number of aliphatic hydroxyl groups excluding tert-OH is 7. The number of ether oxygens (including phenoxy) is 4. The second-order valence-electron chi connectivity index (χ2n) is 9.30. The first kappa shape index (κ1) is 32.3. The summed E-state index contributed by atoms with van der Waals surface area (Å²) in [4.78, 5) is 10.5. The summed E-state index contributed by atoms with van der Waals surface area (Å²) in [5, 5.41) is 86.3. The van der Waals surface area contributed by atoms with Gasteiger partial charge in [0.2, 0.25) is 0 Å². The van der Waals surface area contributed by atoms with Crippen molar-refractivity contribution in [2.24, 2.45) is 20.5 Å². The van der Waals surface area contributed by atoms with Gasteiger partial charge in [0, 0.05) is 19.6 Å². The third-order valence-electron chi connectivity index (χ3n) is 6.92. The van der Waals surface area contributed by atoms with Crippen molar-refractivity contribution in [3.63, 3.8) is 0 Å². The lowest BCUT2D eigenvalue weighted by Crippen LogP contribution is -2.65. The van der Waals surface area contributed by atoms with E-state index in [-0.39, 0.29) is 6.42 Å². The summed E-state index contributed by atoms with van der Waals surface area (Å²) in [6, 6.07) is -4.13. The summed E-state index contributed by atoms with van der Waals surface area (Å²) < 4.78 is 22.2. The SMILES string of the molecule is [N-]=[N+]=NC[C@H]1O[C@H](O[C@@H]2C(N=[N+]=[N-])CC(N=[N+]=[N-])[C@H](O[C@@H]3O[C@H](CO)[C@@H](O)C(N=[N+]=[N-])[C@H]3O)[C@H]2O)[C@H](O)[C@@H](O)[C@@H]1O. The summed E-state index contributed by atoms with van der Waals surface area (Å²) in [6.45, 7) is -1.26. The topological polar surface area (TPSA) is 374 Å². The molecule has 23 heteroatoms. The van der Waals surface area contributed by atoms with Gasteiger partial charge in [0.25, 0.3) is 0 Å². The van der Waals surface area contributed by atoms with Crippen LogP contribution in [0.3, 0.4) is 0 Å². The van der Waals surface area contributed by atoms with Gasteiger partial charge in [0.1, 0.15) is 36.6 Å². The Morgan fingerprint density at radius 3 is 1.68 bits per heavy atom. The highest BCUT2D eigenvalue weighted by molar-refractivity contribution is 5.04. The van der Waals surface area contributed by atoms with Crippen molar-refractivity contribution >= 4 is 0 Å². The van der Waals surface area contributed by atoms with Crippen LogP contribution in [0.4, 0.5) is 0 Å². The van der Waals surface area contributed by atoms with Gasteiger partial charge in [-0.1, -0.05) is 20.5 Å². The van der Waals surface area contributed by atoms with Crippen LogP contribution in [0.5, 0.6) is 0 Å². The van der Waals surface area contributed by atoms with E-state index in [1.54, 1.807) is 0 Å². The van der Waals surface area contributed by atoms with E-state index in [4.69, 9.17) is 41.1 Å². The largest absolute Gasteiger partial charge is 0.394 e. The quantitative estimate of drug-likeness (QED) is 0.0840. The van der Waals surface area contributed by atoms with Crippen molar-refractivity contribution in [3.05, 3.63) is 41.8 Å². The van der Waals surface area contributed by atoms with E-state index in [0.717, 1.165) is 0 Å². The molecule has 3 fully saturated rings. The molecule has 2 heterocycles. The normalized spacial score (nSPS) is 44.3. The minimum Gasteiger partial charge on any atom is -0.394 e. The fourth-order valence-electron chi connectivity index (χ4n) is 4.84. The molecule has 23 nitrogen and oxygen atoms in total. The summed E-state index contributed by atoms with van der Waals surface area (Å²) in [5.41, 5.74) is 35.6. The Morgan fingerprint density at radius 1 is 0.634 bits per heavy atom. The Bertz CT molecular complexity index is 1100. The lowest BCUT2D eigenvalue weighted by atomic mass is 9.84. The van der Waals surface area contributed by atoms with E-state index < -0.39 is 105 Å². The average molecular weight is 588 g/mol. The van der Waals surface area contributed by atoms with Gasteiger partial charge in [-0.05, 0) is 28.5 Å². The number of azide groups is 4. The molecule has 0 aromatic rings. The first-order valence-electron chi connectivity index (χ1n) is 12.1. The number of hydrogen-bond donors (Lipinski definition) is 7. The second kappa shape index (κ2) is 14.6. The van der Waals surface area contributed by atoms with Crippen LogP contribution in [-0.4, -0.2) is 141 Å². The van der Waals surface area contributed by atoms with Crippen molar-refractivity contribution in [1.29, 1.82) is 0 Å². The fraction of sp³-hybridized carbons (Fsp3) is 1.00. The highest BCUT2D eigenvalue weighted by Crippen LogP contribution is 2.35. The third kappa shape index (κ3) is 7.00. The summed E-state index contributed by atoms with van der Waals surface area (Å²) >= 11 is 0. The van der Waals surface area contributed by atoms with Gasteiger partial charge in [-0.2, -0.15) is 0 Å². The van der Waals surface area contributed by atoms with Gasteiger partial charge in [0.15, 0.2) is 12.6 Å². The Hall–Kier alpha value is -3.20. The second-order valence-corrected chi connectivity index (χ2v) is 9.30. The average Bonchev–Trinajstić information content (AvgIpc) is 2.95. The molecule has 0 aromatic heterocycles. The maximum absolute atomic E-state index is 11.3. The molecule has 3 unspecified atom stereocenters. The molecule has 3 rings (SSSR count). The monoisotopic (exact) mass is 588 g/mol. The van der Waals surface area contributed by atoms with Crippen LogP contribution in [0.25, 0.3) is 41.8 Å². The first-order valence-corrected chi connectivity index (χ1v) is 12.1. The Labute approximate surface area is 228 Å². The highest BCUT2D eigenvalue weighted by atomic mass is 16.7. The number of rotatable bonds is 10. The van der Waals surface area contributed by atoms with Crippen molar-refractivity contribution < 1.29 is 54.7 Å². The number of aliphatic hydroxyl groups is 7. The molecule has 0 amide bonds. The minimum absolute atomic E-state index is 0.328. The van der Waals surface area contributed by atoms with Crippen LogP contribution >= 0.6 is 0 Å². The molecule has 1 saturated carbocycles. The molecule has 0 aromatic carbocycles. The van der Waals surface area contributed by atoms with Gasteiger partial charge < -0.3 is 54.7 Å². The molecule has 7 N–H and O–H groups in total. The van der Waals surface area contributed by atoms with Gasteiger partial charge in [-0.25, -0.2) is 0 Å². The molecule has 2 saturated heterocycles. The molecule has 0 spiro atoms. The molecule has 0 bridgehead atoms. The lowest BCUT2D eigenvalue weighted by molar-refractivity contribution is -0.331. The molecule has 3 aliphatic rings. The zero-order valence-electron chi connectivity index (χ0n) is 20.9. The standard InChI is InChI=1S/C18H28N12O11/c19-27-23-2-6-10(33)12(35)13(36)18(38-6)41-16-5(25-29-21)1-4(24-28-20)15(14(16)37)40-17-11(34)8(26-30-22)9(32)7(3-31)39-17/h4-18,31-37H,1-3H2/t4?,5?,6-,7-,8?,9-,10-,11-,12+,13-,14-,15+,16-,17+,18-/m1/s1. The Balaban J connectivity index is 1.91. The van der Waals surface area contributed by atoms with E-state index in [0.29, 0.717) is 0 Å². The van der Waals surface area contributed by atoms with E-state index in [1.807, 2.05) is 0 Å². The van der Waals surface area contributed by atoms with Crippen LogP contribution in [0, 0.1) is 0 Å². The summed E-state index contributed by atoms with van der Waals surface area (Å²) in [5.74, 6) is 0. The molecule has 41 heavy (non-hydrogen) atoms. The first-order chi connectivity index (χ1) is 19.6. The van der Waals surface area contributed by atoms with E-state index in [2.05, 4.69) is 40.1 Å². The van der Waals surface area contributed by atoms with Gasteiger partial charge >= 0.3 is 0 Å². The number of hydrogen-bond acceptors (Lipinski definition) is 15. The molecule has 1 aliphatic carbocycles. The van der Waals surface area contributed by atoms with Gasteiger partial charge in [0.05, 0.1) is 55.7 Å². The Kier molecular flexibility index (Phi) is 11.5. The lowest BCUT2D eigenvalue weighted by Gasteiger charge is -2.47. The molecule has 0 radical (unpaired) electrons. The van der Waals surface area contributed by atoms with E-state index in [9.17, 15) is 35.7 Å². The van der Waals surface area contributed by atoms with Crippen molar-refractivity contribution in [3.8, 4) is 0 Å². The van der Waals surface area contributed by atoms with E-state index in [1.165, 1.54) is 0 Å². The molecule has 2 aliphatic heterocycles. The van der Waals surface area contributed by atoms with Crippen LogP contribution in [0.1, 0.15) is 6.42 Å². The maximum atomic E-state index is 11.3. The fourth-order valence-corrected chi connectivity index (χ4v) is 4.84. The van der Waals surface area contributed by atoms with Crippen LogP contribution < -0.4 is 0 Å². The molecular formula is C18H28N12O11. The van der Waals surface area contributed by atoms with Gasteiger partial charge in [-0.3, -0.25) is 0 Å². The van der Waals surface area contributed by atoms with E-state index >= 15 is 0 Å². The van der Waals surface area contributed by atoms with Crippen LogP contribution in [0.2, 0.25) is 0 Å². The number of nitrogens with zero attached hydrogens (tertiary/aromatic N) is 12. The molecule has 226 valence electrons. The van der Waals surface area contributed by atoms with Crippen LogP contribution in [0.15, 0.2) is 20.5 Å².